The van der Waals surface area contributed by atoms with Crippen molar-refractivity contribution in [2.24, 2.45) is 4.99 Å². The van der Waals surface area contributed by atoms with Crippen molar-refractivity contribution >= 4 is 49.1 Å². The highest BCUT2D eigenvalue weighted by Gasteiger charge is 2.29. The summed E-state index contributed by atoms with van der Waals surface area (Å²) in [5, 5.41) is 0.676. The lowest BCUT2D eigenvalue weighted by atomic mass is 9.96. The zero-order valence-electron chi connectivity index (χ0n) is 19.0. The topological polar surface area (TPSA) is 71.7 Å². The van der Waals surface area contributed by atoms with Crippen LogP contribution in [-0.4, -0.2) is 36.3 Å². The van der Waals surface area contributed by atoms with E-state index in [1.54, 1.807) is 19.2 Å². The van der Waals surface area contributed by atoms with Gasteiger partial charge in [-0.2, -0.15) is 9.30 Å². The molecule has 3 aromatic rings. The molecule has 9 heteroatoms. The Morgan fingerprint density at radius 3 is 2.45 bits per heavy atom. The number of fused-ring (bicyclic) bond motifs is 1. The van der Waals surface area contributed by atoms with Gasteiger partial charge in [0.2, 0.25) is 10.0 Å². The van der Waals surface area contributed by atoms with E-state index in [1.807, 2.05) is 30.5 Å². The molecular formula is C24H28ClN3O3S2. The molecule has 0 unspecified atom stereocenters. The smallest absolute Gasteiger partial charge is 0.279 e. The molecule has 33 heavy (non-hydrogen) atoms. The van der Waals surface area contributed by atoms with Crippen molar-refractivity contribution in [1.29, 1.82) is 0 Å². The summed E-state index contributed by atoms with van der Waals surface area (Å²) in [7, 11) is -1.95. The molecule has 0 saturated heterocycles. The van der Waals surface area contributed by atoms with Gasteiger partial charge in [-0.3, -0.25) is 4.79 Å². The van der Waals surface area contributed by atoms with E-state index < -0.39 is 15.9 Å². The molecule has 0 N–H and O–H groups in total. The zero-order valence-corrected chi connectivity index (χ0v) is 21.4. The maximum atomic E-state index is 13.1. The summed E-state index contributed by atoms with van der Waals surface area (Å²) in [5.74, 6) is -0.405. The Balaban J connectivity index is 1.63. The summed E-state index contributed by atoms with van der Waals surface area (Å²) in [6.07, 6.45) is 5.06. The third kappa shape index (κ3) is 4.67. The largest absolute Gasteiger partial charge is 0.316 e. The molecule has 1 aliphatic rings. The highest BCUT2D eigenvalue weighted by Crippen LogP contribution is 2.28. The fourth-order valence-corrected chi connectivity index (χ4v) is 7.14. The summed E-state index contributed by atoms with van der Waals surface area (Å²) < 4.78 is 30.6. The number of carbonyl (C=O) groups excluding carboxylic acids is 1. The minimum Gasteiger partial charge on any atom is -0.316 e. The van der Waals surface area contributed by atoms with Gasteiger partial charge in [0.15, 0.2) is 4.80 Å². The summed E-state index contributed by atoms with van der Waals surface area (Å²) in [6, 6.07) is 9.91. The molecule has 1 amide bonds. The summed E-state index contributed by atoms with van der Waals surface area (Å²) in [5.41, 5.74) is 2.29. The number of thiazole rings is 1. The number of halogens is 1. The quantitative estimate of drug-likeness (QED) is 0.467. The van der Waals surface area contributed by atoms with E-state index in [2.05, 4.69) is 4.99 Å². The van der Waals surface area contributed by atoms with Crippen LogP contribution >= 0.6 is 22.9 Å². The molecule has 1 fully saturated rings. The average molecular weight is 506 g/mol. The van der Waals surface area contributed by atoms with Gasteiger partial charge >= 0.3 is 0 Å². The number of sulfonamides is 1. The van der Waals surface area contributed by atoms with Gasteiger partial charge < -0.3 is 4.57 Å². The normalized spacial score (nSPS) is 16.1. The van der Waals surface area contributed by atoms with Gasteiger partial charge in [0.05, 0.1) is 15.1 Å². The molecule has 2 aromatic carbocycles. The van der Waals surface area contributed by atoms with Crippen molar-refractivity contribution in [3.8, 4) is 0 Å². The highest BCUT2D eigenvalue weighted by atomic mass is 35.5. The molecule has 6 nitrogen and oxygen atoms in total. The Hall–Kier alpha value is -2.00. The number of rotatable bonds is 5. The van der Waals surface area contributed by atoms with Crippen molar-refractivity contribution in [2.45, 2.75) is 63.4 Å². The van der Waals surface area contributed by atoms with E-state index in [1.165, 1.54) is 27.8 Å². The second kappa shape index (κ2) is 9.70. The number of amides is 1. The van der Waals surface area contributed by atoms with Gasteiger partial charge in [-0.1, -0.05) is 42.2 Å². The van der Waals surface area contributed by atoms with Crippen LogP contribution in [-0.2, 0) is 16.6 Å². The molecule has 1 aromatic heterocycles. The molecule has 1 aliphatic carbocycles. The molecule has 0 radical (unpaired) electrons. The van der Waals surface area contributed by atoms with Crippen molar-refractivity contribution in [2.75, 3.05) is 7.05 Å². The van der Waals surface area contributed by atoms with Gasteiger partial charge in [-0.25, -0.2) is 8.42 Å². The average Bonchev–Trinajstić information content (AvgIpc) is 3.19. The van der Waals surface area contributed by atoms with Crippen LogP contribution in [0.25, 0.3) is 10.2 Å². The summed E-state index contributed by atoms with van der Waals surface area (Å²) >= 11 is 7.73. The van der Waals surface area contributed by atoms with Crippen LogP contribution in [0.15, 0.2) is 46.3 Å². The fourth-order valence-electron chi connectivity index (χ4n) is 4.42. The lowest BCUT2D eigenvalue weighted by Gasteiger charge is -2.30. The monoisotopic (exact) mass is 505 g/mol. The molecule has 0 atom stereocenters. The van der Waals surface area contributed by atoms with Gasteiger partial charge in [0, 0.05) is 30.2 Å². The molecule has 176 valence electrons. The fraction of sp³-hybridized carbons (Fsp3) is 0.417. The zero-order chi connectivity index (χ0) is 23.8. The first-order chi connectivity index (χ1) is 15.7. The Labute approximate surface area is 203 Å². The second-order valence-electron chi connectivity index (χ2n) is 8.40. The number of nitrogens with zero attached hydrogens (tertiary/aromatic N) is 3. The molecule has 1 saturated carbocycles. The van der Waals surface area contributed by atoms with Crippen LogP contribution in [0.3, 0.4) is 0 Å². The van der Waals surface area contributed by atoms with Gasteiger partial charge in [-0.15, -0.1) is 0 Å². The molecule has 0 spiro atoms. The third-order valence-electron chi connectivity index (χ3n) is 6.41. The first-order valence-corrected chi connectivity index (χ1v) is 13.8. The minimum atomic E-state index is -3.60. The SMILES string of the molecule is CCn1c(=NC(=O)c2ccc(S(=O)(=O)N(C)C3CCCCC3)cc2)sc2ccc(Cl)c(C)c21. The van der Waals surface area contributed by atoms with E-state index in [9.17, 15) is 13.2 Å². The Morgan fingerprint density at radius 2 is 1.82 bits per heavy atom. The first-order valence-electron chi connectivity index (χ1n) is 11.2. The van der Waals surface area contributed by atoms with Crippen LogP contribution in [0.2, 0.25) is 5.02 Å². The molecule has 1 heterocycles. The van der Waals surface area contributed by atoms with Crippen LogP contribution in [0.1, 0.15) is 54.9 Å². The van der Waals surface area contributed by atoms with E-state index in [-0.39, 0.29) is 10.9 Å². The number of carbonyl (C=O) groups is 1. The van der Waals surface area contributed by atoms with E-state index >= 15 is 0 Å². The van der Waals surface area contributed by atoms with Gasteiger partial charge in [0.25, 0.3) is 5.91 Å². The summed E-state index contributed by atoms with van der Waals surface area (Å²) in [4.78, 5) is 18.0. The maximum Gasteiger partial charge on any atom is 0.279 e. The third-order valence-corrected chi connectivity index (χ3v) is 9.79. The van der Waals surface area contributed by atoms with Crippen LogP contribution < -0.4 is 4.80 Å². The van der Waals surface area contributed by atoms with E-state index in [0.717, 1.165) is 47.9 Å². The van der Waals surface area contributed by atoms with Crippen LogP contribution in [0.5, 0.6) is 0 Å². The van der Waals surface area contributed by atoms with Crippen molar-refractivity contribution < 1.29 is 13.2 Å². The number of hydrogen-bond acceptors (Lipinski definition) is 4. The standard InChI is InChI=1S/C24H28ClN3O3S2/c1-4-28-22-16(2)20(25)14-15-21(22)32-24(28)26-23(29)17-10-12-19(13-11-17)33(30,31)27(3)18-8-6-5-7-9-18/h10-15,18H,4-9H2,1-3H3. The Morgan fingerprint density at radius 1 is 1.15 bits per heavy atom. The minimum absolute atomic E-state index is 0.0365. The van der Waals surface area contributed by atoms with Crippen molar-refractivity contribution in [3.05, 3.63) is 57.3 Å². The Bertz CT molecular complexity index is 1350. The van der Waals surface area contributed by atoms with Crippen LogP contribution in [0, 0.1) is 6.92 Å². The van der Waals surface area contributed by atoms with E-state index in [0.29, 0.717) is 21.9 Å². The number of hydrogen-bond donors (Lipinski definition) is 0. The molecule has 0 bridgehead atoms. The van der Waals surface area contributed by atoms with Crippen LogP contribution in [0.4, 0.5) is 0 Å². The van der Waals surface area contributed by atoms with Gasteiger partial charge in [-0.05, 0) is 68.7 Å². The van der Waals surface area contributed by atoms with Crippen molar-refractivity contribution in [3.63, 3.8) is 0 Å². The number of aromatic nitrogens is 1. The summed E-state index contributed by atoms with van der Waals surface area (Å²) in [6.45, 7) is 4.61. The second-order valence-corrected chi connectivity index (χ2v) is 11.8. The van der Waals surface area contributed by atoms with Crippen molar-refractivity contribution in [1.82, 2.24) is 8.87 Å². The predicted octanol–water partition coefficient (Wildman–Crippen LogP) is 5.38. The number of benzene rings is 2. The predicted molar refractivity (Wildman–Crippen MR) is 133 cm³/mol. The molecular weight excluding hydrogens is 478 g/mol. The lowest BCUT2D eigenvalue weighted by Crippen LogP contribution is -2.38. The van der Waals surface area contributed by atoms with Gasteiger partial charge in [0.1, 0.15) is 0 Å². The van der Waals surface area contributed by atoms with E-state index in [4.69, 9.17) is 11.6 Å². The lowest BCUT2D eigenvalue weighted by molar-refractivity contribution is 0.0997. The highest BCUT2D eigenvalue weighted by molar-refractivity contribution is 7.89. The number of aryl methyl sites for hydroxylation is 2. The maximum absolute atomic E-state index is 13.1. The molecule has 4 rings (SSSR count). The molecule has 0 aliphatic heterocycles. The first kappa shape index (κ1) is 24.1. The Kier molecular flexibility index (Phi) is 7.09.